The summed E-state index contributed by atoms with van der Waals surface area (Å²) in [6.45, 7) is 7.30. The summed E-state index contributed by atoms with van der Waals surface area (Å²) in [5.74, 6) is 0.0270. The lowest BCUT2D eigenvalue weighted by Gasteiger charge is -2.33. The van der Waals surface area contributed by atoms with Crippen LogP contribution < -0.4 is 10.6 Å². The first-order valence-corrected chi connectivity index (χ1v) is 6.95. The van der Waals surface area contributed by atoms with Gasteiger partial charge in [-0.05, 0) is 37.6 Å². The SMILES string of the molecule is Cc1cc(Cl)ccc1NC(=O)CN1CCNC[C@@H]1C. The number of aryl methyl sites for hydroxylation is 1. The predicted molar refractivity (Wildman–Crippen MR) is 78.7 cm³/mol. The van der Waals surface area contributed by atoms with Crippen LogP contribution in [0.3, 0.4) is 0 Å². The van der Waals surface area contributed by atoms with Gasteiger partial charge in [-0.3, -0.25) is 9.69 Å². The zero-order valence-corrected chi connectivity index (χ0v) is 12.1. The second-order valence-electron chi connectivity index (χ2n) is 5.03. The van der Waals surface area contributed by atoms with Gasteiger partial charge in [0, 0.05) is 36.4 Å². The Kier molecular flexibility index (Phi) is 4.80. The highest BCUT2D eigenvalue weighted by atomic mass is 35.5. The molecule has 0 aromatic heterocycles. The van der Waals surface area contributed by atoms with Gasteiger partial charge in [0.25, 0.3) is 0 Å². The van der Waals surface area contributed by atoms with Crippen LogP contribution in [0.4, 0.5) is 5.69 Å². The standard InChI is InChI=1S/C14H20ClN3O/c1-10-7-12(15)3-4-13(10)17-14(19)9-18-6-5-16-8-11(18)2/h3-4,7,11,16H,5-6,8-9H2,1-2H3,(H,17,19)/t11-/m0/s1. The minimum absolute atomic E-state index is 0.0270. The predicted octanol–water partition coefficient (Wildman–Crippen LogP) is 1.88. The van der Waals surface area contributed by atoms with Gasteiger partial charge >= 0.3 is 0 Å². The van der Waals surface area contributed by atoms with Gasteiger partial charge in [0.2, 0.25) is 5.91 Å². The molecule has 1 aliphatic heterocycles. The zero-order chi connectivity index (χ0) is 13.8. The van der Waals surface area contributed by atoms with Gasteiger partial charge in [0.05, 0.1) is 6.54 Å². The van der Waals surface area contributed by atoms with Crippen molar-refractivity contribution in [2.45, 2.75) is 19.9 Å². The molecule has 0 saturated carbocycles. The number of hydrogen-bond acceptors (Lipinski definition) is 3. The van der Waals surface area contributed by atoms with Crippen molar-refractivity contribution in [3.8, 4) is 0 Å². The molecule has 1 aromatic carbocycles. The van der Waals surface area contributed by atoms with Crippen LogP contribution in [0.5, 0.6) is 0 Å². The van der Waals surface area contributed by atoms with Crippen LogP contribution in [0.15, 0.2) is 18.2 Å². The van der Waals surface area contributed by atoms with E-state index in [9.17, 15) is 4.79 Å². The molecule has 1 amide bonds. The van der Waals surface area contributed by atoms with E-state index in [2.05, 4.69) is 22.5 Å². The Bertz CT molecular complexity index is 464. The maximum atomic E-state index is 12.1. The Morgan fingerprint density at radius 1 is 1.58 bits per heavy atom. The molecule has 2 rings (SSSR count). The van der Waals surface area contributed by atoms with Gasteiger partial charge in [-0.2, -0.15) is 0 Å². The number of piperazine rings is 1. The van der Waals surface area contributed by atoms with Crippen LogP contribution in [0.2, 0.25) is 5.02 Å². The first-order chi connectivity index (χ1) is 9.06. The van der Waals surface area contributed by atoms with Crippen molar-refractivity contribution in [2.24, 2.45) is 0 Å². The Labute approximate surface area is 119 Å². The molecule has 1 fully saturated rings. The Morgan fingerprint density at radius 3 is 3.05 bits per heavy atom. The van der Waals surface area contributed by atoms with E-state index in [1.54, 1.807) is 6.07 Å². The third-order valence-corrected chi connectivity index (χ3v) is 3.68. The molecule has 4 nitrogen and oxygen atoms in total. The molecular formula is C14H20ClN3O. The minimum Gasteiger partial charge on any atom is -0.325 e. The van der Waals surface area contributed by atoms with Crippen LogP contribution in [0, 0.1) is 6.92 Å². The molecule has 2 N–H and O–H groups in total. The van der Waals surface area contributed by atoms with Gasteiger partial charge in [0.1, 0.15) is 0 Å². The monoisotopic (exact) mass is 281 g/mol. The van der Waals surface area contributed by atoms with E-state index >= 15 is 0 Å². The van der Waals surface area contributed by atoms with Crippen LogP contribution in [-0.2, 0) is 4.79 Å². The molecule has 0 bridgehead atoms. The topological polar surface area (TPSA) is 44.4 Å². The van der Waals surface area contributed by atoms with E-state index in [1.807, 2.05) is 19.1 Å². The molecule has 0 spiro atoms. The number of anilines is 1. The summed E-state index contributed by atoms with van der Waals surface area (Å²) in [5.41, 5.74) is 1.81. The van der Waals surface area contributed by atoms with Gasteiger partial charge in [-0.25, -0.2) is 0 Å². The Morgan fingerprint density at radius 2 is 2.37 bits per heavy atom. The van der Waals surface area contributed by atoms with Gasteiger partial charge < -0.3 is 10.6 Å². The molecule has 0 unspecified atom stereocenters. The Balaban J connectivity index is 1.93. The zero-order valence-electron chi connectivity index (χ0n) is 11.4. The summed E-state index contributed by atoms with van der Waals surface area (Å²) in [4.78, 5) is 14.2. The van der Waals surface area contributed by atoms with E-state index in [-0.39, 0.29) is 5.91 Å². The van der Waals surface area contributed by atoms with E-state index < -0.39 is 0 Å². The summed E-state index contributed by atoms with van der Waals surface area (Å²) < 4.78 is 0. The number of nitrogens with one attached hydrogen (secondary N) is 2. The highest BCUT2D eigenvalue weighted by Gasteiger charge is 2.20. The molecule has 5 heteroatoms. The van der Waals surface area contributed by atoms with Gasteiger partial charge in [0.15, 0.2) is 0 Å². The van der Waals surface area contributed by atoms with Gasteiger partial charge in [-0.15, -0.1) is 0 Å². The first-order valence-electron chi connectivity index (χ1n) is 6.57. The van der Waals surface area contributed by atoms with E-state index in [4.69, 9.17) is 11.6 Å². The molecule has 1 aromatic rings. The molecule has 0 radical (unpaired) electrons. The van der Waals surface area contributed by atoms with Crippen LogP contribution >= 0.6 is 11.6 Å². The average Bonchev–Trinajstić information content (AvgIpc) is 2.36. The first kappa shape index (κ1) is 14.3. The number of nitrogens with zero attached hydrogens (tertiary/aromatic N) is 1. The summed E-state index contributed by atoms with van der Waals surface area (Å²) in [6, 6.07) is 5.88. The van der Waals surface area contributed by atoms with E-state index in [0.717, 1.165) is 30.9 Å². The van der Waals surface area contributed by atoms with Crippen molar-refractivity contribution >= 4 is 23.2 Å². The normalized spacial score (nSPS) is 20.3. The number of carbonyl (C=O) groups excluding carboxylic acids is 1. The van der Waals surface area contributed by atoms with Gasteiger partial charge in [-0.1, -0.05) is 11.6 Å². The Hall–Kier alpha value is -1.10. The number of benzene rings is 1. The maximum Gasteiger partial charge on any atom is 0.238 e. The third-order valence-electron chi connectivity index (χ3n) is 3.45. The van der Waals surface area contributed by atoms with E-state index in [1.165, 1.54) is 0 Å². The maximum absolute atomic E-state index is 12.1. The number of carbonyl (C=O) groups is 1. The van der Waals surface area contributed by atoms with Crippen molar-refractivity contribution in [3.63, 3.8) is 0 Å². The molecule has 1 atom stereocenters. The summed E-state index contributed by atoms with van der Waals surface area (Å²) >= 11 is 5.90. The number of halogens is 1. The second kappa shape index (κ2) is 6.37. The summed E-state index contributed by atoms with van der Waals surface area (Å²) in [5, 5.41) is 6.95. The molecule has 104 valence electrons. The van der Waals surface area contributed by atoms with Crippen LogP contribution in [0.25, 0.3) is 0 Å². The highest BCUT2D eigenvalue weighted by molar-refractivity contribution is 6.30. The van der Waals surface area contributed by atoms with Crippen LogP contribution in [-0.4, -0.2) is 43.0 Å². The fraction of sp³-hybridized carbons (Fsp3) is 0.500. The quantitative estimate of drug-likeness (QED) is 0.889. The second-order valence-corrected chi connectivity index (χ2v) is 5.47. The molecule has 19 heavy (non-hydrogen) atoms. The van der Waals surface area contributed by atoms with Crippen LogP contribution in [0.1, 0.15) is 12.5 Å². The fourth-order valence-corrected chi connectivity index (χ4v) is 2.49. The minimum atomic E-state index is 0.0270. The molecule has 1 heterocycles. The van der Waals surface area contributed by atoms with Crippen molar-refractivity contribution in [3.05, 3.63) is 28.8 Å². The lowest BCUT2D eigenvalue weighted by atomic mass is 10.2. The fourth-order valence-electron chi connectivity index (χ4n) is 2.26. The summed E-state index contributed by atoms with van der Waals surface area (Å²) in [6.07, 6.45) is 0. The largest absolute Gasteiger partial charge is 0.325 e. The molecule has 1 aliphatic rings. The van der Waals surface area contributed by atoms with Crippen molar-refractivity contribution in [2.75, 3.05) is 31.5 Å². The lowest BCUT2D eigenvalue weighted by Crippen LogP contribution is -2.52. The van der Waals surface area contributed by atoms with Crippen molar-refractivity contribution < 1.29 is 4.79 Å². The third kappa shape index (κ3) is 3.93. The van der Waals surface area contributed by atoms with Crippen molar-refractivity contribution in [1.82, 2.24) is 10.2 Å². The number of amides is 1. The molecule has 1 saturated heterocycles. The lowest BCUT2D eigenvalue weighted by molar-refractivity contribution is -0.118. The molecule has 0 aliphatic carbocycles. The van der Waals surface area contributed by atoms with E-state index in [0.29, 0.717) is 17.6 Å². The van der Waals surface area contributed by atoms with Crippen molar-refractivity contribution in [1.29, 1.82) is 0 Å². The highest BCUT2D eigenvalue weighted by Crippen LogP contribution is 2.19. The smallest absolute Gasteiger partial charge is 0.238 e. The summed E-state index contributed by atoms with van der Waals surface area (Å²) in [7, 11) is 0. The number of hydrogen-bond donors (Lipinski definition) is 2. The average molecular weight is 282 g/mol. The number of rotatable bonds is 3. The molecular weight excluding hydrogens is 262 g/mol.